The van der Waals surface area contributed by atoms with Gasteiger partial charge < -0.3 is 9.47 Å². The molecule has 0 aliphatic carbocycles. The van der Waals surface area contributed by atoms with Crippen molar-refractivity contribution in [2.75, 3.05) is 7.11 Å². The van der Waals surface area contributed by atoms with Crippen LogP contribution in [0.1, 0.15) is 55.1 Å². The molecule has 1 aliphatic rings. The topological polar surface area (TPSA) is 69.7 Å². The lowest BCUT2D eigenvalue weighted by Crippen LogP contribution is -2.42. The maximum absolute atomic E-state index is 13.0. The first kappa shape index (κ1) is 19.9. The van der Waals surface area contributed by atoms with Crippen LogP contribution in [-0.2, 0) is 25.5 Å². The normalized spacial score (nSPS) is 17.3. The van der Waals surface area contributed by atoms with E-state index in [1.807, 2.05) is 39.8 Å². The van der Waals surface area contributed by atoms with E-state index in [9.17, 15) is 14.4 Å². The molecule has 0 saturated heterocycles. The minimum absolute atomic E-state index is 0.0920. The van der Waals surface area contributed by atoms with Gasteiger partial charge >= 0.3 is 11.9 Å². The highest BCUT2D eigenvalue weighted by molar-refractivity contribution is 5.98. The summed E-state index contributed by atoms with van der Waals surface area (Å²) in [4.78, 5) is 36.5. The molecule has 0 N–H and O–H groups in total. The third-order valence-corrected chi connectivity index (χ3v) is 4.94. The third-order valence-electron chi connectivity index (χ3n) is 4.94. The number of allylic oxidation sites excluding steroid dienone is 1. The lowest BCUT2D eigenvalue weighted by atomic mass is 9.78. The van der Waals surface area contributed by atoms with Gasteiger partial charge in [-0.25, -0.2) is 9.59 Å². The standard InChI is InChI=1S/C21H26O5/c1-13(11-18(22)25-5)9-10-21(3,4)19(23)17-12-16-14(2)7-6-8-15(16)20(24)26-17/h6-8,11,17H,9-10,12H2,1-5H3/b13-11+/t17-/m1/s1. The van der Waals surface area contributed by atoms with Crippen LogP contribution in [-0.4, -0.2) is 30.9 Å². The maximum atomic E-state index is 13.0. The van der Waals surface area contributed by atoms with Gasteiger partial charge in [0, 0.05) is 17.9 Å². The lowest BCUT2D eigenvalue weighted by Gasteiger charge is -2.31. The number of benzene rings is 1. The summed E-state index contributed by atoms with van der Waals surface area (Å²) < 4.78 is 10.0. The van der Waals surface area contributed by atoms with E-state index in [2.05, 4.69) is 4.74 Å². The van der Waals surface area contributed by atoms with Gasteiger partial charge in [-0.1, -0.05) is 31.6 Å². The molecule has 0 unspecified atom stereocenters. The molecule has 1 aromatic rings. The molecule has 5 nitrogen and oxygen atoms in total. The number of hydrogen-bond donors (Lipinski definition) is 0. The van der Waals surface area contributed by atoms with Crippen molar-refractivity contribution in [3.8, 4) is 0 Å². The number of esters is 2. The van der Waals surface area contributed by atoms with Crippen molar-refractivity contribution < 1.29 is 23.9 Å². The predicted octanol–water partition coefficient (Wildman–Crippen LogP) is 3.57. The van der Waals surface area contributed by atoms with E-state index in [0.717, 1.165) is 16.7 Å². The summed E-state index contributed by atoms with van der Waals surface area (Å²) in [5.41, 5.74) is 2.60. The van der Waals surface area contributed by atoms with Gasteiger partial charge in [-0.05, 0) is 43.9 Å². The van der Waals surface area contributed by atoms with E-state index in [1.54, 1.807) is 6.07 Å². The molecule has 26 heavy (non-hydrogen) atoms. The van der Waals surface area contributed by atoms with Crippen LogP contribution >= 0.6 is 0 Å². The van der Waals surface area contributed by atoms with E-state index >= 15 is 0 Å². The van der Waals surface area contributed by atoms with Crippen LogP contribution in [0.15, 0.2) is 29.8 Å². The molecule has 1 aliphatic heterocycles. The van der Waals surface area contributed by atoms with Gasteiger partial charge in [-0.15, -0.1) is 0 Å². The number of cyclic esters (lactones) is 1. The summed E-state index contributed by atoms with van der Waals surface area (Å²) in [6, 6.07) is 5.49. The van der Waals surface area contributed by atoms with Crippen LogP contribution in [0, 0.1) is 12.3 Å². The van der Waals surface area contributed by atoms with Crippen LogP contribution in [0.4, 0.5) is 0 Å². The van der Waals surface area contributed by atoms with Gasteiger partial charge in [0.25, 0.3) is 0 Å². The first-order valence-electron chi connectivity index (χ1n) is 8.74. The summed E-state index contributed by atoms with van der Waals surface area (Å²) in [5.74, 6) is -0.934. The molecule has 0 spiro atoms. The second-order valence-corrected chi connectivity index (χ2v) is 7.46. The number of hydrogen-bond acceptors (Lipinski definition) is 5. The fourth-order valence-corrected chi connectivity index (χ4v) is 3.13. The number of carbonyl (C=O) groups excluding carboxylic acids is 3. The van der Waals surface area contributed by atoms with Crippen molar-refractivity contribution in [3.63, 3.8) is 0 Å². The number of ketones is 1. The van der Waals surface area contributed by atoms with Crippen molar-refractivity contribution in [2.24, 2.45) is 5.41 Å². The molecule has 0 amide bonds. The number of methoxy groups -OCH3 is 1. The van der Waals surface area contributed by atoms with Crippen molar-refractivity contribution >= 4 is 17.7 Å². The molecule has 0 aromatic heterocycles. The maximum Gasteiger partial charge on any atom is 0.339 e. The summed E-state index contributed by atoms with van der Waals surface area (Å²) in [5, 5.41) is 0. The Morgan fingerprint density at radius 2 is 2.04 bits per heavy atom. The van der Waals surface area contributed by atoms with Gasteiger partial charge in [0.1, 0.15) is 0 Å². The molecule has 5 heteroatoms. The summed E-state index contributed by atoms with van der Waals surface area (Å²) in [6.45, 7) is 7.46. The molecule has 1 heterocycles. The summed E-state index contributed by atoms with van der Waals surface area (Å²) in [7, 11) is 1.33. The molecule has 0 fully saturated rings. The molecule has 140 valence electrons. The Hall–Kier alpha value is -2.43. The fraction of sp³-hybridized carbons (Fsp3) is 0.476. The smallest absolute Gasteiger partial charge is 0.339 e. The predicted molar refractivity (Wildman–Crippen MR) is 97.9 cm³/mol. The van der Waals surface area contributed by atoms with Gasteiger partial charge in [0.2, 0.25) is 0 Å². The highest BCUT2D eigenvalue weighted by Gasteiger charge is 2.39. The van der Waals surface area contributed by atoms with Crippen molar-refractivity contribution in [3.05, 3.63) is 46.5 Å². The Kier molecular flexibility index (Phi) is 6.01. The molecule has 0 radical (unpaired) electrons. The minimum Gasteiger partial charge on any atom is -0.466 e. The Labute approximate surface area is 154 Å². The van der Waals surface area contributed by atoms with E-state index < -0.39 is 23.5 Å². The number of rotatable bonds is 6. The average Bonchev–Trinajstić information content (AvgIpc) is 2.60. The molecule has 0 saturated carbocycles. The van der Waals surface area contributed by atoms with Gasteiger partial charge in [-0.2, -0.15) is 0 Å². The van der Waals surface area contributed by atoms with Crippen molar-refractivity contribution in [1.82, 2.24) is 0 Å². The summed E-state index contributed by atoms with van der Waals surface area (Å²) >= 11 is 0. The highest BCUT2D eigenvalue weighted by atomic mass is 16.5. The second kappa shape index (κ2) is 7.85. The van der Waals surface area contributed by atoms with Crippen molar-refractivity contribution in [2.45, 2.75) is 53.1 Å². The number of carbonyl (C=O) groups is 3. The zero-order chi connectivity index (χ0) is 19.5. The third kappa shape index (κ3) is 4.40. The molecule has 2 rings (SSSR count). The Bertz CT molecular complexity index is 758. The van der Waals surface area contributed by atoms with E-state index in [-0.39, 0.29) is 5.78 Å². The molecular weight excluding hydrogens is 332 g/mol. The van der Waals surface area contributed by atoms with Gasteiger partial charge in [0.15, 0.2) is 11.9 Å². The Morgan fingerprint density at radius 3 is 2.69 bits per heavy atom. The van der Waals surface area contributed by atoms with Crippen LogP contribution in [0.3, 0.4) is 0 Å². The van der Waals surface area contributed by atoms with Crippen LogP contribution in [0.25, 0.3) is 0 Å². The Balaban J connectivity index is 2.10. The zero-order valence-corrected chi connectivity index (χ0v) is 16.0. The highest BCUT2D eigenvalue weighted by Crippen LogP contribution is 2.32. The van der Waals surface area contributed by atoms with Gasteiger partial charge in [0.05, 0.1) is 12.7 Å². The second-order valence-electron chi connectivity index (χ2n) is 7.46. The van der Waals surface area contributed by atoms with E-state index in [0.29, 0.717) is 24.8 Å². The largest absolute Gasteiger partial charge is 0.466 e. The minimum atomic E-state index is -0.768. The molecule has 1 atom stereocenters. The number of ether oxygens (including phenoxy) is 2. The van der Waals surface area contributed by atoms with E-state index in [4.69, 9.17) is 4.74 Å². The number of fused-ring (bicyclic) bond motifs is 1. The number of Topliss-reactive ketones (excluding diaryl/α,β-unsaturated/α-hetero) is 1. The van der Waals surface area contributed by atoms with E-state index in [1.165, 1.54) is 13.2 Å². The number of aryl methyl sites for hydroxylation is 1. The molecular formula is C21H26O5. The first-order valence-corrected chi connectivity index (χ1v) is 8.74. The molecule has 0 bridgehead atoms. The Morgan fingerprint density at radius 1 is 1.35 bits per heavy atom. The first-order chi connectivity index (χ1) is 12.2. The van der Waals surface area contributed by atoms with Crippen LogP contribution in [0.5, 0.6) is 0 Å². The van der Waals surface area contributed by atoms with Gasteiger partial charge in [-0.3, -0.25) is 4.79 Å². The monoisotopic (exact) mass is 358 g/mol. The lowest BCUT2D eigenvalue weighted by molar-refractivity contribution is -0.137. The fourth-order valence-electron chi connectivity index (χ4n) is 3.13. The average molecular weight is 358 g/mol. The van der Waals surface area contributed by atoms with Crippen LogP contribution < -0.4 is 0 Å². The summed E-state index contributed by atoms with van der Waals surface area (Å²) in [6.07, 6.45) is 2.22. The molecule has 1 aromatic carbocycles. The SMILES string of the molecule is COC(=O)/C=C(\C)CCC(C)(C)C(=O)[C@H]1Cc2c(C)cccc2C(=O)O1. The van der Waals surface area contributed by atoms with Crippen molar-refractivity contribution in [1.29, 1.82) is 0 Å². The van der Waals surface area contributed by atoms with Crippen LogP contribution in [0.2, 0.25) is 0 Å². The quantitative estimate of drug-likeness (QED) is 0.574. The zero-order valence-electron chi connectivity index (χ0n) is 16.0.